The summed E-state index contributed by atoms with van der Waals surface area (Å²) < 4.78 is 50.2. The highest BCUT2D eigenvalue weighted by Crippen LogP contribution is 2.28. The van der Waals surface area contributed by atoms with Gasteiger partial charge in [-0.15, -0.1) is 0 Å². The molecule has 92 heavy (non-hydrogen) atoms. The van der Waals surface area contributed by atoms with Crippen molar-refractivity contribution in [1.29, 1.82) is 0 Å². The van der Waals surface area contributed by atoms with Crippen LogP contribution in [0.4, 0.5) is 30.2 Å². The van der Waals surface area contributed by atoms with Crippen molar-refractivity contribution in [3.05, 3.63) is 259 Å². The normalized spacial score (nSPS) is 11.4. The SMILES string of the molecule is Cc1ccc(NC(=O)c2nn(-c3ccc(Cl)cc3F)c3cc(C)c(CCc4cncc(NC(=O)c5nn(-c6ccc(Cl)cc6F)c6cc(C)c(Cc7cncc(NC(=O)c8nn(-c9ccc(Cl)cc9F)c9cc(C)c(C)nc9c8=O)c7)nc6c5=O)c4)nc3c2=O)cn1. The van der Waals surface area contributed by atoms with Crippen molar-refractivity contribution in [2.24, 2.45) is 0 Å². The van der Waals surface area contributed by atoms with E-state index < -0.39 is 68.5 Å². The monoisotopic (exact) mass is 1290 g/mol. The lowest BCUT2D eigenvalue weighted by Crippen LogP contribution is -2.28. The van der Waals surface area contributed by atoms with Crippen molar-refractivity contribution in [2.75, 3.05) is 16.0 Å². The van der Waals surface area contributed by atoms with Gasteiger partial charge in [-0.25, -0.2) is 42.2 Å². The van der Waals surface area contributed by atoms with E-state index in [1.165, 1.54) is 67.4 Å². The summed E-state index contributed by atoms with van der Waals surface area (Å²) in [5, 5.41) is 21.3. The van der Waals surface area contributed by atoms with E-state index in [1.54, 1.807) is 77.1 Å². The lowest BCUT2D eigenvalue weighted by molar-refractivity contribution is 0.101. The summed E-state index contributed by atoms with van der Waals surface area (Å²) in [6, 6.07) is 22.7. The number of nitrogens with one attached hydrogen (secondary N) is 3. The van der Waals surface area contributed by atoms with Gasteiger partial charge in [-0.05, 0) is 172 Å². The minimum atomic E-state index is -1.00. The molecule has 0 aliphatic rings. The third-order valence-electron chi connectivity index (χ3n) is 15.0. The van der Waals surface area contributed by atoms with E-state index in [4.69, 9.17) is 44.8 Å². The Balaban J connectivity index is 0.829. The second-order valence-corrected chi connectivity index (χ2v) is 22.8. The maximum atomic E-state index is 15.9. The van der Waals surface area contributed by atoms with Gasteiger partial charge >= 0.3 is 0 Å². The number of hydrogen-bond acceptors (Lipinski definition) is 15. The number of amides is 3. The Morgan fingerprint density at radius 1 is 0.446 bits per heavy atom. The molecule has 3 N–H and O–H groups in total. The number of aryl methyl sites for hydroxylation is 7. The van der Waals surface area contributed by atoms with E-state index in [2.05, 4.69) is 51.2 Å². The molecule has 12 rings (SSSR count). The molecule has 9 aromatic heterocycles. The fourth-order valence-corrected chi connectivity index (χ4v) is 10.7. The Hall–Kier alpha value is -11.0. The summed E-state index contributed by atoms with van der Waals surface area (Å²) >= 11 is 18.3. The number of carbonyl (C=O) groups excluding carboxylic acids is 3. The third kappa shape index (κ3) is 12.2. The fourth-order valence-electron chi connectivity index (χ4n) is 10.2. The smallest absolute Gasteiger partial charge is 0.280 e. The van der Waals surface area contributed by atoms with E-state index in [9.17, 15) is 28.8 Å². The van der Waals surface area contributed by atoms with Gasteiger partial charge in [-0.1, -0.05) is 34.8 Å². The van der Waals surface area contributed by atoms with E-state index in [1.807, 2.05) is 0 Å². The first-order valence-electron chi connectivity index (χ1n) is 27.9. The molecule has 0 unspecified atom stereocenters. The topological polar surface area (TPSA) is 269 Å². The summed E-state index contributed by atoms with van der Waals surface area (Å²) in [5.74, 6) is -5.23. The Morgan fingerprint density at radius 3 is 1.32 bits per heavy atom. The molecule has 3 amide bonds. The number of benzene rings is 3. The summed E-state index contributed by atoms with van der Waals surface area (Å²) in [7, 11) is 0. The lowest BCUT2D eigenvalue weighted by atomic mass is 10.0. The van der Waals surface area contributed by atoms with E-state index in [-0.39, 0.29) is 102 Å². The van der Waals surface area contributed by atoms with Crippen LogP contribution >= 0.6 is 34.8 Å². The number of hydrogen-bond donors (Lipinski definition) is 3. The van der Waals surface area contributed by atoms with Crippen LogP contribution in [0.5, 0.6) is 0 Å². The zero-order valence-corrected chi connectivity index (χ0v) is 51.1. The zero-order valence-electron chi connectivity index (χ0n) is 48.8. The fraction of sp³-hybridized carbons (Fsp3) is 0.123. The van der Waals surface area contributed by atoms with Gasteiger partial charge in [-0.3, -0.25) is 43.7 Å². The van der Waals surface area contributed by atoms with Crippen LogP contribution in [0, 0.1) is 52.1 Å². The van der Waals surface area contributed by atoms with Crippen LogP contribution < -0.4 is 32.2 Å². The second-order valence-electron chi connectivity index (χ2n) is 21.4. The first kappa shape index (κ1) is 61.3. The molecule has 21 nitrogen and oxygen atoms in total. The van der Waals surface area contributed by atoms with Crippen molar-refractivity contribution < 1.29 is 27.6 Å². The van der Waals surface area contributed by atoms with Gasteiger partial charge in [-0.2, -0.15) is 15.3 Å². The molecule has 0 atom stereocenters. The van der Waals surface area contributed by atoms with Crippen LogP contribution in [-0.4, -0.2) is 77.0 Å². The Morgan fingerprint density at radius 2 is 0.859 bits per heavy atom. The molecule has 0 saturated carbocycles. The Bertz CT molecular complexity index is 5320. The average molecular weight is 1300 g/mol. The molecular weight excluding hydrogens is 1250 g/mol. The molecule has 0 fully saturated rings. The summed E-state index contributed by atoms with van der Waals surface area (Å²) in [4.78, 5) is 112. The van der Waals surface area contributed by atoms with Crippen LogP contribution in [0.1, 0.15) is 82.1 Å². The molecule has 0 bridgehead atoms. The number of pyridine rings is 6. The van der Waals surface area contributed by atoms with Crippen molar-refractivity contribution >= 4 is 103 Å². The molecular formula is C65H45Cl3F3N15O6. The van der Waals surface area contributed by atoms with Gasteiger partial charge in [0.2, 0.25) is 16.3 Å². The standard InChI is InChI=1S/C65H45Cl3F3N15O6/c1-30-16-51-54(75-34(30)5)60(87)57(81-84(51)48-13-8-37(66)22-43(48)69)64(91)78-42-20-36(26-73-28-42)21-47-32(3)18-53-56(80-47)62(89)59(83-86(53)50-15-10-39(68)24-45(50)71)65(92)77-41-19-35(25-72-27-41)7-12-46-31(2)17-52-55(79-46)61(88)58(63(90)76-40-11-6-33(4)74-29-40)82-85(52)49-14-9-38(67)23-44(49)70/h6,8-11,13-20,22-29H,7,12,21H2,1-5H3,(H,76,90)(H,77,92)(H,78,91). The lowest BCUT2D eigenvalue weighted by Gasteiger charge is -2.15. The summed E-state index contributed by atoms with van der Waals surface area (Å²) in [5.41, 5.74) is 0.241. The number of rotatable bonds is 14. The van der Waals surface area contributed by atoms with Crippen LogP contribution in [0.3, 0.4) is 0 Å². The molecule has 0 saturated heterocycles. The van der Waals surface area contributed by atoms with Crippen LogP contribution in [0.15, 0.2) is 142 Å². The summed E-state index contributed by atoms with van der Waals surface area (Å²) in [6.45, 7) is 8.66. The molecule has 0 aliphatic carbocycles. The average Bonchev–Trinajstić information content (AvgIpc) is 0.771. The molecule has 27 heteroatoms. The van der Waals surface area contributed by atoms with Crippen LogP contribution in [0.2, 0.25) is 15.1 Å². The number of carbonyl (C=O) groups is 3. The van der Waals surface area contributed by atoms with Crippen molar-refractivity contribution in [1.82, 2.24) is 59.2 Å². The van der Waals surface area contributed by atoms with E-state index in [0.29, 0.717) is 50.6 Å². The maximum Gasteiger partial charge on any atom is 0.280 e. The predicted molar refractivity (Wildman–Crippen MR) is 341 cm³/mol. The second kappa shape index (κ2) is 24.8. The summed E-state index contributed by atoms with van der Waals surface area (Å²) in [6.07, 6.45) is 7.52. The van der Waals surface area contributed by atoms with Crippen LogP contribution in [-0.2, 0) is 19.3 Å². The largest absolute Gasteiger partial charge is 0.319 e. The van der Waals surface area contributed by atoms with E-state index in [0.717, 1.165) is 32.2 Å². The Kier molecular flexibility index (Phi) is 16.5. The first-order chi connectivity index (χ1) is 44.0. The highest BCUT2D eigenvalue weighted by Gasteiger charge is 2.27. The van der Waals surface area contributed by atoms with Gasteiger partial charge < -0.3 is 16.0 Å². The minimum Gasteiger partial charge on any atom is -0.319 e. The molecule has 12 aromatic rings. The number of aromatic nitrogens is 12. The van der Waals surface area contributed by atoms with Gasteiger partial charge in [0.1, 0.15) is 51.1 Å². The van der Waals surface area contributed by atoms with Gasteiger partial charge in [0, 0.05) is 56.7 Å². The molecule has 3 aromatic carbocycles. The third-order valence-corrected chi connectivity index (χ3v) is 15.7. The first-order valence-corrected chi connectivity index (χ1v) is 29.1. The molecule has 0 radical (unpaired) electrons. The molecule has 0 spiro atoms. The predicted octanol–water partition coefficient (Wildman–Crippen LogP) is 11.2. The highest BCUT2D eigenvalue weighted by molar-refractivity contribution is 6.31. The van der Waals surface area contributed by atoms with Gasteiger partial charge in [0.05, 0.1) is 52.2 Å². The van der Waals surface area contributed by atoms with Crippen molar-refractivity contribution in [3.8, 4) is 17.1 Å². The molecule has 0 aliphatic heterocycles. The number of anilines is 3. The number of nitrogens with zero attached hydrogens (tertiary/aromatic N) is 12. The van der Waals surface area contributed by atoms with E-state index >= 15 is 13.2 Å². The van der Waals surface area contributed by atoms with Gasteiger partial charge in [0.25, 0.3) is 17.7 Å². The Labute approximate surface area is 532 Å². The molecule has 458 valence electrons. The van der Waals surface area contributed by atoms with Crippen molar-refractivity contribution in [2.45, 2.75) is 53.9 Å². The minimum absolute atomic E-state index is 0.00726. The highest BCUT2D eigenvalue weighted by atomic mass is 35.5. The quantitative estimate of drug-likeness (QED) is 0.0913. The van der Waals surface area contributed by atoms with Crippen LogP contribution in [0.25, 0.3) is 50.2 Å². The van der Waals surface area contributed by atoms with Gasteiger partial charge in [0.15, 0.2) is 17.1 Å². The number of halogens is 6. The molecule has 9 heterocycles. The maximum absolute atomic E-state index is 15.9. The number of fused-ring (bicyclic) bond motifs is 3. The van der Waals surface area contributed by atoms with Crippen molar-refractivity contribution in [3.63, 3.8) is 0 Å². The zero-order chi connectivity index (χ0) is 65.0.